The van der Waals surface area contributed by atoms with Crippen LogP contribution in [0.3, 0.4) is 0 Å². The van der Waals surface area contributed by atoms with E-state index in [1.807, 2.05) is 30.3 Å². The van der Waals surface area contributed by atoms with Crippen molar-refractivity contribution in [1.82, 2.24) is 0 Å². The first-order chi connectivity index (χ1) is 9.20. The quantitative estimate of drug-likeness (QED) is 0.809. The summed E-state index contributed by atoms with van der Waals surface area (Å²) in [4.78, 5) is 10.9. The number of carbonyl (C=O) groups excluding carboxylic acids is 1. The molecule has 0 amide bonds. The van der Waals surface area contributed by atoms with E-state index in [-0.39, 0.29) is 23.7 Å². The van der Waals surface area contributed by atoms with Gasteiger partial charge in [-0.05, 0) is 17.2 Å². The lowest BCUT2D eigenvalue weighted by Crippen LogP contribution is -1.98. The van der Waals surface area contributed by atoms with Gasteiger partial charge in [0.1, 0.15) is 11.5 Å². The molecule has 98 valence electrons. The Morgan fingerprint density at radius 2 is 1.79 bits per heavy atom. The number of carbonyl (C=O) groups is 1. The molecule has 0 saturated carbocycles. The predicted molar refractivity (Wildman–Crippen MR) is 70.1 cm³/mol. The van der Waals surface area contributed by atoms with Crippen LogP contribution in [0.1, 0.15) is 21.5 Å². The van der Waals surface area contributed by atoms with Crippen molar-refractivity contribution in [3.8, 4) is 11.5 Å². The minimum Gasteiger partial charge on any atom is -0.508 e. The Morgan fingerprint density at radius 3 is 2.47 bits per heavy atom. The van der Waals surface area contributed by atoms with E-state index in [4.69, 9.17) is 4.74 Å². The summed E-state index contributed by atoms with van der Waals surface area (Å²) in [5.41, 5.74) is 1.62. The van der Waals surface area contributed by atoms with Gasteiger partial charge in [-0.25, -0.2) is 0 Å². The van der Waals surface area contributed by atoms with Crippen molar-refractivity contribution in [2.75, 3.05) is 0 Å². The van der Waals surface area contributed by atoms with Gasteiger partial charge < -0.3 is 14.9 Å². The van der Waals surface area contributed by atoms with E-state index in [0.29, 0.717) is 18.5 Å². The highest BCUT2D eigenvalue weighted by Crippen LogP contribution is 2.26. The Kier molecular flexibility index (Phi) is 4.15. The molecule has 0 spiro atoms. The summed E-state index contributed by atoms with van der Waals surface area (Å²) in [5.74, 6) is -0.338. The Labute approximate surface area is 110 Å². The summed E-state index contributed by atoms with van der Waals surface area (Å²) in [6, 6.07) is 12.1. The molecule has 2 aromatic carbocycles. The van der Waals surface area contributed by atoms with Crippen LogP contribution in [0.2, 0.25) is 0 Å². The minimum absolute atomic E-state index is 0.0959. The van der Waals surface area contributed by atoms with Gasteiger partial charge in [0.15, 0.2) is 6.29 Å². The van der Waals surface area contributed by atoms with Crippen molar-refractivity contribution in [1.29, 1.82) is 0 Å². The summed E-state index contributed by atoms with van der Waals surface area (Å²) >= 11 is 0. The molecule has 2 N–H and O–H groups in total. The molecule has 4 heteroatoms. The van der Waals surface area contributed by atoms with Gasteiger partial charge in [0.25, 0.3) is 0 Å². The van der Waals surface area contributed by atoms with Crippen LogP contribution < -0.4 is 0 Å². The number of aldehydes is 1. The van der Waals surface area contributed by atoms with Gasteiger partial charge >= 0.3 is 0 Å². The summed E-state index contributed by atoms with van der Waals surface area (Å²) in [6.07, 6.45) is 0.552. The molecule has 0 aliphatic rings. The first-order valence-electron chi connectivity index (χ1n) is 5.82. The number of aromatic hydroxyl groups is 2. The second kappa shape index (κ2) is 6.02. The maximum absolute atomic E-state index is 10.9. The van der Waals surface area contributed by atoms with Gasteiger partial charge in [0, 0.05) is 6.07 Å². The van der Waals surface area contributed by atoms with Crippen molar-refractivity contribution >= 4 is 6.29 Å². The van der Waals surface area contributed by atoms with Gasteiger partial charge in [0.2, 0.25) is 0 Å². The van der Waals surface area contributed by atoms with Crippen LogP contribution in [0, 0.1) is 0 Å². The van der Waals surface area contributed by atoms with Gasteiger partial charge in [-0.3, -0.25) is 4.79 Å². The lowest BCUT2D eigenvalue weighted by atomic mass is 10.1. The first-order valence-corrected chi connectivity index (χ1v) is 5.82. The van der Waals surface area contributed by atoms with Gasteiger partial charge in [-0.15, -0.1) is 0 Å². The fourth-order valence-electron chi connectivity index (χ4n) is 1.79. The molecule has 4 nitrogen and oxygen atoms in total. The number of hydrogen-bond acceptors (Lipinski definition) is 4. The number of phenolic OH excluding ortho intramolecular Hbond substituents is 2. The van der Waals surface area contributed by atoms with Crippen molar-refractivity contribution < 1.29 is 19.7 Å². The van der Waals surface area contributed by atoms with E-state index in [2.05, 4.69) is 0 Å². The van der Waals surface area contributed by atoms with Crippen molar-refractivity contribution in [2.24, 2.45) is 0 Å². The maximum atomic E-state index is 10.9. The molecule has 0 heterocycles. The van der Waals surface area contributed by atoms with E-state index >= 15 is 0 Å². The molecule has 0 saturated heterocycles. The second-order valence-corrected chi connectivity index (χ2v) is 4.13. The van der Waals surface area contributed by atoms with Crippen molar-refractivity contribution in [3.05, 3.63) is 59.2 Å². The average molecular weight is 258 g/mol. The largest absolute Gasteiger partial charge is 0.508 e. The molecule has 0 bridgehead atoms. The Bertz CT molecular complexity index is 564. The SMILES string of the molecule is O=Cc1c(O)cc(O)cc1COCc1ccccc1. The molecule has 0 unspecified atom stereocenters. The number of hydrogen-bond donors (Lipinski definition) is 2. The number of rotatable bonds is 5. The number of phenols is 2. The van der Waals surface area contributed by atoms with Gasteiger partial charge in [0.05, 0.1) is 18.8 Å². The normalized spacial score (nSPS) is 10.3. The van der Waals surface area contributed by atoms with Crippen LogP contribution in [-0.2, 0) is 18.0 Å². The zero-order valence-corrected chi connectivity index (χ0v) is 10.2. The third-order valence-corrected chi connectivity index (χ3v) is 2.72. The highest BCUT2D eigenvalue weighted by atomic mass is 16.5. The Balaban J connectivity index is 2.05. The molecule has 0 radical (unpaired) electrons. The summed E-state index contributed by atoms with van der Waals surface area (Å²) in [6.45, 7) is 0.542. The average Bonchev–Trinajstić information content (AvgIpc) is 2.39. The molecule has 2 rings (SSSR count). The van der Waals surface area contributed by atoms with E-state index in [0.717, 1.165) is 11.6 Å². The van der Waals surface area contributed by atoms with Crippen LogP contribution >= 0.6 is 0 Å². The van der Waals surface area contributed by atoms with Crippen LogP contribution in [0.4, 0.5) is 0 Å². The summed E-state index contributed by atoms with van der Waals surface area (Å²) < 4.78 is 5.48. The number of ether oxygens (including phenoxy) is 1. The fraction of sp³-hybridized carbons (Fsp3) is 0.133. The first kappa shape index (κ1) is 13.1. The summed E-state index contributed by atoms with van der Waals surface area (Å²) in [5, 5.41) is 18.9. The minimum atomic E-state index is -0.242. The molecular formula is C15H14O4. The van der Waals surface area contributed by atoms with Crippen LogP contribution in [0.15, 0.2) is 42.5 Å². The van der Waals surface area contributed by atoms with E-state index in [9.17, 15) is 15.0 Å². The standard InChI is InChI=1S/C15H14O4/c16-8-14-12(6-13(17)7-15(14)18)10-19-9-11-4-2-1-3-5-11/h1-8,17-18H,9-10H2. The maximum Gasteiger partial charge on any atom is 0.154 e. The summed E-state index contributed by atoms with van der Waals surface area (Å²) in [7, 11) is 0. The molecule has 0 aliphatic heterocycles. The third-order valence-electron chi connectivity index (χ3n) is 2.72. The molecule has 0 atom stereocenters. The zero-order valence-electron chi connectivity index (χ0n) is 10.2. The Morgan fingerprint density at radius 1 is 1.05 bits per heavy atom. The smallest absolute Gasteiger partial charge is 0.154 e. The predicted octanol–water partition coefficient (Wildman–Crippen LogP) is 2.63. The van der Waals surface area contributed by atoms with Crippen LogP contribution in [0.5, 0.6) is 11.5 Å². The molecular weight excluding hydrogens is 244 g/mol. The van der Waals surface area contributed by atoms with E-state index in [1.54, 1.807) is 0 Å². The fourth-order valence-corrected chi connectivity index (χ4v) is 1.79. The monoisotopic (exact) mass is 258 g/mol. The molecule has 0 fully saturated rings. The molecule has 0 aliphatic carbocycles. The van der Waals surface area contributed by atoms with E-state index < -0.39 is 0 Å². The topological polar surface area (TPSA) is 66.8 Å². The lowest BCUT2D eigenvalue weighted by molar-refractivity contribution is 0.103. The van der Waals surface area contributed by atoms with Gasteiger partial charge in [-0.2, -0.15) is 0 Å². The van der Waals surface area contributed by atoms with Crippen LogP contribution in [-0.4, -0.2) is 16.5 Å². The third kappa shape index (κ3) is 3.33. The molecule has 19 heavy (non-hydrogen) atoms. The van der Waals surface area contributed by atoms with Crippen LogP contribution in [0.25, 0.3) is 0 Å². The number of benzene rings is 2. The highest BCUT2D eigenvalue weighted by molar-refractivity contribution is 5.82. The Hall–Kier alpha value is -2.33. The zero-order chi connectivity index (χ0) is 13.7. The lowest BCUT2D eigenvalue weighted by Gasteiger charge is -2.09. The second-order valence-electron chi connectivity index (χ2n) is 4.13. The van der Waals surface area contributed by atoms with E-state index in [1.165, 1.54) is 6.07 Å². The highest BCUT2D eigenvalue weighted by Gasteiger charge is 2.09. The van der Waals surface area contributed by atoms with Gasteiger partial charge in [-0.1, -0.05) is 30.3 Å². The van der Waals surface area contributed by atoms with Crippen molar-refractivity contribution in [2.45, 2.75) is 13.2 Å². The molecule has 2 aromatic rings. The molecule has 0 aromatic heterocycles. The van der Waals surface area contributed by atoms with Crippen molar-refractivity contribution in [3.63, 3.8) is 0 Å².